The summed E-state index contributed by atoms with van der Waals surface area (Å²) in [7, 11) is 0. The van der Waals surface area contributed by atoms with E-state index in [1.54, 1.807) is 12.1 Å². The first-order chi connectivity index (χ1) is 8.65. The van der Waals surface area contributed by atoms with E-state index < -0.39 is 4.92 Å². The van der Waals surface area contributed by atoms with E-state index >= 15 is 0 Å². The number of nitrogens with zero attached hydrogens (tertiary/aromatic N) is 1. The lowest BCUT2D eigenvalue weighted by Crippen LogP contribution is -2.14. The van der Waals surface area contributed by atoms with E-state index in [-0.39, 0.29) is 11.8 Å². The number of hydrogen-bond acceptors (Lipinski definition) is 3. The molecule has 0 bridgehead atoms. The number of non-ortho nitro benzene ring substituents is 1. The van der Waals surface area contributed by atoms with Crippen molar-refractivity contribution in [2.45, 2.75) is 44.6 Å². The second-order valence-electron chi connectivity index (χ2n) is 5.17. The minimum Gasteiger partial charge on any atom is -0.393 e. The first-order valence-electron chi connectivity index (χ1n) is 6.56. The fraction of sp³-hybridized carbons (Fsp3) is 0.571. The molecule has 1 unspecified atom stereocenters. The maximum Gasteiger partial charge on any atom is 0.269 e. The van der Waals surface area contributed by atoms with Crippen LogP contribution in [-0.2, 0) is 6.42 Å². The van der Waals surface area contributed by atoms with E-state index in [1.807, 2.05) is 0 Å². The monoisotopic (exact) mass is 249 g/mol. The standard InChI is InChI=1S/C14H19NO3/c16-14(9-11-3-1-2-4-11)10-12-5-7-13(8-6-12)15(17)18/h5-8,11,14,16H,1-4,9-10H2. The zero-order chi connectivity index (χ0) is 13.0. The van der Waals surface area contributed by atoms with Crippen molar-refractivity contribution in [2.24, 2.45) is 5.92 Å². The largest absolute Gasteiger partial charge is 0.393 e. The lowest BCUT2D eigenvalue weighted by Gasteiger charge is -2.15. The Morgan fingerprint density at radius 3 is 2.44 bits per heavy atom. The number of nitro groups is 1. The van der Waals surface area contributed by atoms with Crippen molar-refractivity contribution in [2.75, 3.05) is 0 Å². The van der Waals surface area contributed by atoms with Crippen molar-refractivity contribution >= 4 is 5.69 Å². The van der Waals surface area contributed by atoms with Gasteiger partial charge in [0.1, 0.15) is 0 Å². The van der Waals surface area contributed by atoms with Crippen LogP contribution in [0.1, 0.15) is 37.7 Å². The molecule has 18 heavy (non-hydrogen) atoms. The van der Waals surface area contributed by atoms with Crippen molar-refractivity contribution in [1.29, 1.82) is 0 Å². The number of hydrogen-bond donors (Lipinski definition) is 1. The third kappa shape index (κ3) is 3.53. The topological polar surface area (TPSA) is 63.4 Å². The van der Waals surface area contributed by atoms with Crippen LogP contribution in [0.4, 0.5) is 5.69 Å². The molecule has 4 nitrogen and oxygen atoms in total. The van der Waals surface area contributed by atoms with Crippen LogP contribution in [0.15, 0.2) is 24.3 Å². The van der Waals surface area contributed by atoms with E-state index in [9.17, 15) is 15.2 Å². The average Bonchev–Trinajstić information content (AvgIpc) is 2.82. The molecule has 4 heteroatoms. The molecule has 98 valence electrons. The molecule has 1 atom stereocenters. The lowest BCUT2D eigenvalue weighted by atomic mass is 9.96. The molecule has 1 aromatic carbocycles. The SMILES string of the molecule is O=[N+]([O-])c1ccc(CC(O)CC2CCCC2)cc1. The zero-order valence-corrected chi connectivity index (χ0v) is 10.4. The Bertz CT molecular complexity index is 396. The highest BCUT2D eigenvalue weighted by Crippen LogP contribution is 2.29. The first kappa shape index (κ1) is 13.0. The summed E-state index contributed by atoms with van der Waals surface area (Å²) in [6, 6.07) is 6.46. The van der Waals surface area contributed by atoms with E-state index in [0.29, 0.717) is 12.3 Å². The molecule has 0 aromatic heterocycles. The summed E-state index contributed by atoms with van der Waals surface area (Å²) in [6.45, 7) is 0. The molecule has 0 aliphatic heterocycles. The molecule has 1 aromatic rings. The van der Waals surface area contributed by atoms with Crippen LogP contribution < -0.4 is 0 Å². The summed E-state index contributed by atoms with van der Waals surface area (Å²) in [5.74, 6) is 0.665. The van der Waals surface area contributed by atoms with Gasteiger partial charge in [0.05, 0.1) is 11.0 Å². The Morgan fingerprint density at radius 1 is 1.28 bits per heavy atom. The molecule has 1 fully saturated rings. The Balaban J connectivity index is 1.86. The van der Waals surface area contributed by atoms with Crippen LogP contribution in [0.25, 0.3) is 0 Å². The Labute approximate surface area is 107 Å². The van der Waals surface area contributed by atoms with Gasteiger partial charge in [0.15, 0.2) is 0 Å². The van der Waals surface area contributed by atoms with Crippen molar-refractivity contribution < 1.29 is 10.0 Å². The van der Waals surface area contributed by atoms with Gasteiger partial charge in [-0.1, -0.05) is 37.8 Å². The van der Waals surface area contributed by atoms with Gasteiger partial charge in [0, 0.05) is 12.1 Å². The van der Waals surface area contributed by atoms with E-state index in [0.717, 1.165) is 12.0 Å². The van der Waals surface area contributed by atoms with E-state index in [4.69, 9.17) is 0 Å². The Hall–Kier alpha value is -1.42. The van der Waals surface area contributed by atoms with Gasteiger partial charge in [-0.05, 0) is 24.3 Å². The van der Waals surface area contributed by atoms with Crippen LogP contribution in [0, 0.1) is 16.0 Å². The van der Waals surface area contributed by atoms with E-state index in [2.05, 4.69) is 0 Å². The van der Waals surface area contributed by atoms with Crippen molar-refractivity contribution in [1.82, 2.24) is 0 Å². The third-order valence-electron chi connectivity index (χ3n) is 3.70. The highest BCUT2D eigenvalue weighted by atomic mass is 16.6. The summed E-state index contributed by atoms with van der Waals surface area (Å²) in [5.41, 5.74) is 1.06. The smallest absolute Gasteiger partial charge is 0.269 e. The fourth-order valence-corrected chi connectivity index (χ4v) is 2.74. The fourth-order valence-electron chi connectivity index (χ4n) is 2.74. The van der Waals surface area contributed by atoms with Crippen LogP contribution in [0.5, 0.6) is 0 Å². The minimum absolute atomic E-state index is 0.101. The van der Waals surface area contributed by atoms with Gasteiger partial charge in [-0.3, -0.25) is 10.1 Å². The van der Waals surface area contributed by atoms with Gasteiger partial charge >= 0.3 is 0 Å². The lowest BCUT2D eigenvalue weighted by molar-refractivity contribution is -0.384. The average molecular weight is 249 g/mol. The number of benzene rings is 1. The van der Waals surface area contributed by atoms with Crippen molar-refractivity contribution in [3.8, 4) is 0 Å². The number of aliphatic hydroxyl groups excluding tert-OH is 1. The summed E-state index contributed by atoms with van der Waals surface area (Å²) >= 11 is 0. The Kier molecular flexibility index (Phi) is 4.31. The predicted molar refractivity (Wildman–Crippen MR) is 69.4 cm³/mol. The zero-order valence-electron chi connectivity index (χ0n) is 10.4. The van der Waals surface area contributed by atoms with Gasteiger partial charge in [0.2, 0.25) is 0 Å². The third-order valence-corrected chi connectivity index (χ3v) is 3.70. The van der Waals surface area contributed by atoms with Gasteiger partial charge in [-0.25, -0.2) is 0 Å². The first-order valence-corrected chi connectivity index (χ1v) is 6.56. The maximum absolute atomic E-state index is 10.5. The van der Waals surface area contributed by atoms with E-state index in [1.165, 1.54) is 37.8 Å². The van der Waals surface area contributed by atoms with Gasteiger partial charge in [-0.2, -0.15) is 0 Å². The Morgan fingerprint density at radius 2 is 1.89 bits per heavy atom. The predicted octanol–water partition coefficient (Wildman–Crippen LogP) is 3.08. The number of nitro benzene ring substituents is 1. The summed E-state index contributed by atoms with van der Waals surface area (Å²) in [4.78, 5) is 10.1. The van der Waals surface area contributed by atoms with Crippen LogP contribution in [0.3, 0.4) is 0 Å². The van der Waals surface area contributed by atoms with Crippen molar-refractivity contribution in [3.63, 3.8) is 0 Å². The highest BCUT2D eigenvalue weighted by molar-refractivity contribution is 5.33. The number of aliphatic hydroxyl groups is 1. The summed E-state index contributed by atoms with van der Waals surface area (Å²) < 4.78 is 0. The van der Waals surface area contributed by atoms with Crippen LogP contribution >= 0.6 is 0 Å². The molecule has 0 spiro atoms. The molecule has 1 aliphatic rings. The van der Waals surface area contributed by atoms with Gasteiger partial charge < -0.3 is 5.11 Å². The molecular weight excluding hydrogens is 230 g/mol. The molecule has 1 N–H and O–H groups in total. The van der Waals surface area contributed by atoms with Gasteiger partial charge in [0.25, 0.3) is 5.69 Å². The molecule has 2 rings (SSSR count). The molecular formula is C14H19NO3. The number of rotatable bonds is 5. The molecule has 0 amide bonds. The second kappa shape index (κ2) is 5.96. The minimum atomic E-state index is -0.404. The summed E-state index contributed by atoms with van der Waals surface area (Å²) in [6.07, 6.45) is 6.17. The van der Waals surface area contributed by atoms with Crippen LogP contribution in [0.2, 0.25) is 0 Å². The molecule has 0 heterocycles. The second-order valence-corrected chi connectivity index (χ2v) is 5.17. The van der Waals surface area contributed by atoms with Crippen molar-refractivity contribution in [3.05, 3.63) is 39.9 Å². The van der Waals surface area contributed by atoms with Gasteiger partial charge in [-0.15, -0.1) is 0 Å². The van der Waals surface area contributed by atoms with Crippen LogP contribution in [-0.4, -0.2) is 16.1 Å². The molecule has 1 aliphatic carbocycles. The molecule has 1 saturated carbocycles. The molecule has 0 radical (unpaired) electrons. The molecule has 0 saturated heterocycles. The highest BCUT2D eigenvalue weighted by Gasteiger charge is 2.19. The maximum atomic E-state index is 10.5. The normalized spacial score (nSPS) is 17.8. The summed E-state index contributed by atoms with van der Waals surface area (Å²) in [5, 5.41) is 20.5. The quantitative estimate of drug-likeness (QED) is 0.644.